The largest absolute Gasteiger partial charge is 0.478 e. The van der Waals surface area contributed by atoms with E-state index in [4.69, 9.17) is 16.7 Å². The van der Waals surface area contributed by atoms with Crippen LogP contribution in [0, 0.1) is 0 Å². The van der Waals surface area contributed by atoms with Crippen LogP contribution in [-0.4, -0.2) is 19.5 Å². The summed E-state index contributed by atoms with van der Waals surface area (Å²) in [4.78, 5) is 11.2. The van der Waals surface area contributed by atoms with Crippen LogP contribution in [0.2, 0.25) is 5.02 Å². The van der Waals surface area contributed by atoms with Gasteiger partial charge in [0.25, 0.3) is 10.0 Å². The van der Waals surface area contributed by atoms with Gasteiger partial charge in [-0.2, -0.15) is 0 Å². The maximum atomic E-state index is 12.4. The highest BCUT2D eigenvalue weighted by Crippen LogP contribution is 2.24. The molecule has 0 aliphatic rings. The zero-order chi connectivity index (χ0) is 17.2. The second kappa shape index (κ2) is 6.60. The van der Waals surface area contributed by atoms with E-state index < -0.39 is 16.0 Å². The smallest absolute Gasteiger partial charge is 0.337 e. The lowest BCUT2D eigenvalue weighted by Gasteiger charge is -2.11. The first-order chi connectivity index (χ1) is 10.7. The van der Waals surface area contributed by atoms with Gasteiger partial charge in [-0.3, -0.25) is 4.72 Å². The predicted molar refractivity (Wildman–Crippen MR) is 89.8 cm³/mol. The molecule has 2 aromatic carbocycles. The van der Waals surface area contributed by atoms with Crippen molar-refractivity contribution in [1.29, 1.82) is 0 Å². The Morgan fingerprint density at radius 2 is 1.74 bits per heavy atom. The fraction of sp³-hybridized carbons (Fsp3) is 0.188. The van der Waals surface area contributed by atoms with Crippen LogP contribution in [0.4, 0.5) is 5.69 Å². The van der Waals surface area contributed by atoms with Crippen molar-refractivity contribution in [3.63, 3.8) is 0 Å². The summed E-state index contributed by atoms with van der Waals surface area (Å²) in [6, 6.07) is 10.5. The fourth-order valence-corrected chi connectivity index (χ4v) is 3.25. The summed E-state index contributed by atoms with van der Waals surface area (Å²) in [6.45, 7) is 4.03. The monoisotopic (exact) mass is 353 g/mol. The minimum Gasteiger partial charge on any atom is -0.478 e. The summed E-state index contributed by atoms with van der Waals surface area (Å²) in [5, 5.41) is 9.07. The number of hydrogen-bond acceptors (Lipinski definition) is 3. The number of rotatable bonds is 5. The Morgan fingerprint density at radius 3 is 2.26 bits per heavy atom. The van der Waals surface area contributed by atoms with Gasteiger partial charge in [-0.15, -0.1) is 0 Å². The molecule has 0 heterocycles. The Labute approximate surface area is 140 Å². The van der Waals surface area contributed by atoms with Crippen LogP contribution < -0.4 is 4.72 Å². The number of halogens is 1. The Kier molecular flexibility index (Phi) is 4.97. The van der Waals surface area contributed by atoms with Crippen molar-refractivity contribution in [1.82, 2.24) is 0 Å². The van der Waals surface area contributed by atoms with E-state index in [0.29, 0.717) is 5.92 Å². The molecular formula is C16H16ClNO4S. The molecule has 0 saturated carbocycles. The number of anilines is 1. The number of carbonyl (C=O) groups is 1. The molecule has 2 aromatic rings. The van der Waals surface area contributed by atoms with Crippen LogP contribution in [-0.2, 0) is 10.0 Å². The van der Waals surface area contributed by atoms with Crippen LogP contribution in [0.15, 0.2) is 47.4 Å². The van der Waals surface area contributed by atoms with Gasteiger partial charge in [0.2, 0.25) is 0 Å². The van der Waals surface area contributed by atoms with E-state index in [1.807, 2.05) is 13.8 Å². The van der Waals surface area contributed by atoms with E-state index in [9.17, 15) is 13.2 Å². The third-order valence-electron chi connectivity index (χ3n) is 3.31. The summed E-state index contributed by atoms with van der Waals surface area (Å²) in [7, 11) is -3.80. The summed E-state index contributed by atoms with van der Waals surface area (Å²) in [5.74, 6) is -0.925. The van der Waals surface area contributed by atoms with Crippen LogP contribution in [0.25, 0.3) is 0 Å². The van der Waals surface area contributed by atoms with Gasteiger partial charge in [-0.25, -0.2) is 13.2 Å². The third-order valence-corrected chi connectivity index (χ3v) is 5.03. The highest BCUT2D eigenvalue weighted by atomic mass is 35.5. The van der Waals surface area contributed by atoms with E-state index >= 15 is 0 Å². The molecule has 2 rings (SSSR count). The van der Waals surface area contributed by atoms with Gasteiger partial charge < -0.3 is 5.11 Å². The Hall–Kier alpha value is -2.05. The Bertz CT molecular complexity index is 830. The van der Waals surface area contributed by atoms with Crippen molar-refractivity contribution < 1.29 is 18.3 Å². The second-order valence-corrected chi connectivity index (χ2v) is 7.42. The highest BCUT2D eigenvalue weighted by Gasteiger charge is 2.16. The molecule has 2 N–H and O–H groups in total. The summed E-state index contributed by atoms with van der Waals surface area (Å²) in [6.07, 6.45) is 0. The van der Waals surface area contributed by atoms with E-state index in [-0.39, 0.29) is 21.2 Å². The van der Waals surface area contributed by atoms with Gasteiger partial charge in [0.15, 0.2) is 0 Å². The van der Waals surface area contributed by atoms with Gasteiger partial charge in [0.1, 0.15) is 0 Å². The number of nitrogens with one attached hydrogen (secondary N) is 1. The molecule has 0 aliphatic heterocycles. The van der Waals surface area contributed by atoms with Gasteiger partial charge in [0.05, 0.1) is 15.5 Å². The number of benzene rings is 2. The number of carboxylic acids is 1. The third kappa shape index (κ3) is 4.03. The van der Waals surface area contributed by atoms with Crippen molar-refractivity contribution in [3.8, 4) is 0 Å². The fourth-order valence-electron chi connectivity index (χ4n) is 2.00. The summed E-state index contributed by atoms with van der Waals surface area (Å²) >= 11 is 5.77. The molecular weight excluding hydrogens is 338 g/mol. The second-order valence-electron chi connectivity index (χ2n) is 5.33. The normalized spacial score (nSPS) is 11.5. The lowest BCUT2D eigenvalue weighted by atomic mass is 10.0. The van der Waals surface area contributed by atoms with E-state index in [0.717, 1.165) is 5.56 Å². The molecule has 0 saturated heterocycles. The molecule has 122 valence electrons. The average molecular weight is 354 g/mol. The molecule has 7 heteroatoms. The first-order valence-electron chi connectivity index (χ1n) is 6.86. The van der Waals surface area contributed by atoms with Crippen molar-refractivity contribution >= 4 is 33.3 Å². The molecule has 0 spiro atoms. The molecule has 0 aliphatic carbocycles. The molecule has 23 heavy (non-hydrogen) atoms. The summed E-state index contributed by atoms with van der Waals surface area (Å²) < 4.78 is 27.1. The number of hydrogen-bond donors (Lipinski definition) is 2. The first-order valence-corrected chi connectivity index (χ1v) is 8.72. The number of sulfonamides is 1. The van der Waals surface area contributed by atoms with E-state index in [2.05, 4.69) is 4.72 Å². The number of carboxylic acid groups (broad SMARTS) is 1. The maximum absolute atomic E-state index is 12.4. The van der Waals surface area contributed by atoms with Crippen molar-refractivity contribution in [2.75, 3.05) is 4.72 Å². The Balaban J connectivity index is 2.31. The molecule has 0 bridgehead atoms. The molecule has 0 atom stereocenters. The van der Waals surface area contributed by atoms with E-state index in [1.165, 1.54) is 30.3 Å². The molecule has 5 nitrogen and oxygen atoms in total. The van der Waals surface area contributed by atoms with Crippen molar-refractivity contribution in [2.45, 2.75) is 24.7 Å². The standard InChI is InChI=1S/C16H16ClNO4S/c1-10(2)11-3-6-13(7-4-11)23(21,22)18-12-5-8-15(17)14(9-12)16(19)20/h3-10,18H,1-2H3,(H,19,20). The average Bonchev–Trinajstić information content (AvgIpc) is 2.48. The first kappa shape index (κ1) is 17.3. The van der Waals surface area contributed by atoms with Gasteiger partial charge in [-0.1, -0.05) is 37.6 Å². The topological polar surface area (TPSA) is 83.5 Å². The number of aromatic carboxylic acids is 1. The van der Waals surface area contributed by atoms with Gasteiger partial charge >= 0.3 is 5.97 Å². The minimum absolute atomic E-state index is 0.0433. The minimum atomic E-state index is -3.80. The van der Waals surface area contributed by atoms with Crippen LogP contribution in [0.1, 0.15) is 35.7 Å². The molecule has 0 unspecified atom stereocenters. The zero-order valence-corrected chi connectivity index (χ0v) is 14.1. The lowest BCUT2D eigenvalue weighted by Crippen LogP contribution is -2.13. The molecule has 0 amide bonds. The predicted octanol–water partition coefficient (Wildman–Crippen LogP) is 3.96. The quantitative estimate of drug-likeness (QED) is 0.852. The lowest BCUT2D eigenvalue weighted by molar-refractivity contribution is 0.0697. The maximum Gasteiger partial charge on any atom is 0.337 e. The molecule has 0 radical (unpaired) electrons. The van der Waals surface area contributed by atoms with E-state index in [1.54, 1.807) is 12.1 Å². The van der Waals surface area contributed by atoms with Crippen molar-refractivity contribution in [2.24, 2.45) is 0 Å². The molecule has 0 fully saturated rings. The van der Waals surface area contributed by atoms with Crippen LogP contribution in [0.3, 0.4) is 0 Å². The summed E-state index contributed by atoms with van der Waals surface area (Å²) in [5.41, 5.74) is 1.00. The highest BCUT2D eigenvalue weighted by molar-refractivity contribution is 7.92. The van der Waals surface area contributed by atoms with Gasteiger partial charge in [0, 0.05) is 5.69 Å². The van der Waals surface area contributed by atoms with Crippen molar-refractivity contribution in [3.05, 3.63) is 58.6 Å². The van der Waals surface area contributed by atoms with Gasteiger partial charge in [-0.05, 0) is 41.8 Å². The Morgan fingerprint density at radius 1 is 1.13 bits per heavy atom. The van der Waals surface area contributed by atoms with Crippen LogP contribution in [0.5, 0.6) is 0 Å². The molecule has 0 aromatic heterocycles. The van der Waals surface area contributed by atoms with Crippen LogP contribution >= 0.6 is 11.6 Å². The SMILES string of the molecule is CC(C)c1ccc(S(=O)(=O)Nc2ccc(Cl)c(C(=O)O)c2)cc1. The zero-order valence-electron chi connectivity index (χ0n) is 12.6.